The molecule has 0 spiro atoms. The second kappa shape index (κ2) is 14.2. The quantitative estimate of drug-likeness (QED) is 0.0887. The highest BCUT2D eigenvalue weighted by Gasteiger charge is 2.37. The van der Waals surface area contributed by atoms with E-state index in [0.29, 0.717) is 61.2 Å². The van der Waals surface area contributed by atoms with Crippen LogP contribution in [-0.2, 0) is 28.4 Å². The number of hydrogen-bond acceptors (Lipinski definition) is 4. The molecule has 0 saturated heterocycles. The van der Waals surface area contributed by atoms with Crippen molar-refractivity contribution in [3.8, 4) is 0 Å². The van der Waals surface area contributed by atoms with Gasteiger partial charge in [0.2, 0.25) is 11.8 Å². The van der Waals surface area contributed by atoms with Gasteiger partial charge in [-0.05, 0) is 97.5 Å². The monoisotopic (exact) mass is 649 g/mol. The molecule has 0 aromatic heterocycles. The minimum atomic E-state index is -5.00. The first-order chi connectivity index (χ1) is 21.6. The minimum Gasteiger partial charge on any atom is -0.397 e. The van der Waals surface area contributed by atoms with Crippen molar-refractivity contribution >= 4 is 40.7 Å². The number of aryl methyl sites for hydroxylation is 1. The summed E-state index contributed by atoms with van der Waals surface area (Å²) in [5.74, 6) is -1.52. The van der Waals surface area contributed by atoms with Crippen molar-refractivity contribution in [2.24, 2.45) is 0 Å². The third kappa shape index (κ3) is 9.18. The van der Waals surface area contributed by atoms with Crippen LogP contribution >= 0.6 is 0 Å². The number of alkyl halides is 6. The molecule has 0 aliphatic heterocycles. The molecule has 244 valence electrons. The number of amides is 2. The lowest BCUT2D eigenvalue weighted by atomic mass is 9.85. The van der Waals surface area contributed by atoms with E-state index in [1.807, 2.05) is 0 Å². The van der Waals surface area contributed by atoms with Gasteiger partial charge in [0.05, 0.1) is 22.5 Å². The summed E-state index contributed by atoms with van der Waals surface area (Å²) in [5, 5.41) is 5.40. The fourth-order valence-electron chi connectivity index (χ4n) is 5.07. The molecule has 0 fully saturated rings. The highest BCUT2D eigenvalue weighted by atomic mass is 19.4. The van der Waals surface area contributed by atoms with Crippen LogP contribution in [0, 0.1) is 5.82 Å². The lowest BCUT2D eigenvalue weighted by molar-refractivity contribution is -0.143. The molecule has 0 saturated carbocycles. The first kappa shape index (κ1) is 34.2. The average Bonchev–Trinajstić information content (AvgIpc) is 2.97. The number of nitrogens with two attached hydrogens (primary N) is 1. The SMILES string of the molecule is Nc1cc(F)ccc1NC(=O)CCCCCCC(=O)Nc1ccc2c(c1)CC/C(=C\c1cc(C(F)(F)F)cc(C(F)(F)F)c1)C2=O. The van der Waals surface area contributed by atoms with E-state index in [1.54, 1.807) is 6.07 Å². The maximum atomic E-state index is 13.2. The van der Waals surface area contributed by atoms with Gasteiger partial charge in [0.25, 0.3) is 0 Å². The molecule has 0 heterocycles. The van der Waals surface area contributed by atoms with Gasteiger partial charge in [0, 0.05) is 29.7 Å². The van der Waals surface area contributed by atoms with Crippen LogP contribution in [0.25, 0.3) is 6.08 Å². The van der Waals surface area contributed by atoms with Crippen LogP contribution in [0.5, 0.6) is 0 Å². The molecule has 6 nitrogen and oxygen atoms in total. The molecule has 4 rings (SSSR count). The van der Waals surface area contributed by atoms with E-state index >= 15 is 0 Å². The van der Waals surface area contributed by atoms with Crippen molar-refractivity contribution in [3.63, 3.8) is 0 Å². The molecule has 0 radical (unpaired) electrons. The first-order valence-electron chi connectivity index (χ1n) is 14.4. The molecule has 46 heavy (non-hydrogen) atoms. The van der Waals surface area contributed by atoms with E-state index in [2.05, 4.69) is 10.6 Å². The van der Waals surface area contributed by atoms with Crippen LogP contribution in [-0.4, -0.2) is 17.6 Å². The van der Waals surface area contributed by atoms with E-state index in [9.17, 15) is 45.1 Å². The molecule has 0 unspecified atom stereocenters. The van der Waals surface area contributed by atoms with E-state index < -0.39 is 35.1 Å². The molecule has 0 bridgehead atoms. The number of fused-ring (bicyclic) bond motifs is 1. The average molecular weight is 650 g/mol. The standard InChI is InChI=1S/C33H30F7N3O3/c34-24-9-12-28(27(41)18-24)43-30(45)6-4-2-1-3-5-29(44)42-25-10-11-26-20(16-25)7-8-21(31(26)46)13-19-14-22(32(35,36)37)17-23(15-19)33(38,39)40/h9-18H,1-8,41H2,(H,42,44)(H,43,45)/b21-13+. The van der Waals surface area contributed by atoms with Gasteiger partial charge in [-0.1, -0.05) is 12.8 Å². The summed E-state index contributed by atoms with van der Waals surface area (Å²) >= 11 is 0. The second-order valence-corrected chi connectivity index (χ2v) is 11.0. The number of carbonyl (C=O) groups excluding carboxylic acids is 3. The smallest absolute Gasteiger partial charge is 0.397 e. The van der Waals surface area contributed by atoms with Crippen LogP contribution < -0.4 is 16.4 Å². The van der Waals surface area contributed by atoms with Gasteiger partial charge in [-0.2, -0.15) is 26.3 Å². The van der Waals surface area contributed by atoms with E-state index in [4.69, 9.17) is 5.73 Å². The molecule has 2 amide bonds. The molecule has 3 aromatic carbocycles. The number of nitrogens with one attached hydrogen (secondary N) is 2. The van der Waals surface area contributed by atoms with E-state index in [1.165, 1.54) is 24.3 Å². The fraction of sp³-hybridized carbons (Fsp3) is 0.303. The summed E-state index contributed by atoms with van der Waals surface area (Å²) in [6.07, 6.45) is -5.54. The number of carbonyl (C=O) groups is 3. The van der Waals surface area contributed by atoms with Crippen molar-refractivity contribution in [1.29, 1.82) is 0 Å². The van der Waals surface area contributed by atoms with Crippen LogP contribution in [0.2, 0.25) is 0 Å². The number of anilines is 3. The second-order valence-electron chi connectivity index (χ2n) is 11.0. The zero-order valence-electron chi connectivity index (χ0n) is 24.4. The van der Waals surface area contributed by atoms with Gasteiger partial charge >= 0.3 is 12.4 Å². The summed E-state index contributed by atoms with van der Waals surface area (Å²) in [7, 11) is 0. The number of nitrogen functional groups attached to an aromatic ring is 1. The van der Waals surface area contributed by atoms with Crippen LogP contribution in [0.3, 0.4) is 0 Å². The van der Waals surface area contributed by atoms with Crippen molar-refractivity contribution in [2.45, 2.75) is 63.7 Å². The topological polar surface area (TPSA) is 101 Å². The zero-order chi connectivity index (χ0) is 33.6. The Morgan fingerprint density at radius 1 is 0.761 bits per heavy atom. The van der Waals surface area contributed by atoms with Crippen LogP contribution in [0.15, 0.2) is 60.2 Å². The van der Waals surface area contributed by atoms with E-state index in [-0.39, 0.29) is 59.5 Å². The van der Waals surface area contributed by atoms with Gasteiger partial charge in [-0.3, -0.25) is 14.4 Å². The van der Waals surface area contributed by atoms with E-state index in [0.717, 1.165) is 12.1 Å². The largest absolute Gasteiger partial charge is 0.416 e. The maximum Gasteiger partial charge on any atom is 0.416 e. The maximum absolute atomic E-state index is 13.2. The molecule has 3 aromatic rings. The molecule has 0 atom stereocenters. The summed E-state index contributed by atoms with van der Waals surface area (Å²) in [4.78, 5) is 37.6. The molecule has 1 aliphatic rings. The Balaban J connectivity index is 1.27. The number of hydrogen-bond donors (Lipinski definition) is 3. The lowest BCUT2D eigenvalue weighted by Crippen LogP contribution is -2.16. The molecule has 4 N–H and O–H groups in total. The summed E-state index contributed by atoms with van der Waals surface area (Å²) in [6, 6.07) is 9.50. The summed E-state index contributed by atoms with van der Waals surface area (Å²) in [5.41, 5.74) is 4.23. The van der Waals surface area contributed by atoms with Crippen LogP contribution in [0.1, 0.15) is 77.6 Å². The van der Waals surface area contributed by atoms with Crippen LogP contribution in [0.4, 0.5) is 47.8 Å². The summed E-state index contributed by atoms with van der Waals surface area (Å²) < 4.78 is 92.5. The van der Waals surface area contributed by atoms with Crippen molar-refractivity contribution < 1.29 is 45.1 Å². The number of rotatable bonds is 10. The number of ketones is 1. The third-order valence-electron chi connectivity index (χ3n) is 7.39. The molecular weight excluding hydrogens is 619 g/mol. The lowest BCUT2D eigenvalue weighted by Gasteiger charge is -2.19. The number of halogens is 7. The minimum absolute atomic E-state index is 0.0344. The van der Waals surface area contributed by atoms with Gasteiger partial charge in [-0.25, -0.2) is 4.39 Å². The van der Waals surface area contributed by atoms with Crippen molar-refractivity contribution in [3.05, 3.63) is 93.8 Å². The Hall–Kier alpha value is -4.68. The Labute approximate surface area is 259 Å². The number of unbranched alkanes of at least 4 members (excludes halogenated alkanes) is 3. The Morgan fingerprint density at radius 3 is 1.96 bits per heavy atom. The Morgan fingerprint density at radius 2 is 1.37 bits per heavy atom. The number of Topliss-reactive ketones (excluding diaryl/α,β-unsaturated/α-hetero) is 1. The van der Waals surface area contributed by atoms with Gasteiger partial charge in [0.1, 0.15) is 5.82 Å². The fourth-order valence-corrected chi connectivity index (χ4v) is 5.07. The normalized spacial score (nSPS) is 14.2. The Bertz CT molecular complexity index is 1630. The van der Waals surface area contributed by atoms with Gasteiger partial charge < -0.3 is 16.4 Å². The molecule has 1 aliphatic carbocycles. The highest BCUT2D eigenvalue weighted by Crippen LogP contribution is 2.37. The van der Waals surface area contributed by atoms with Crippen molar-refractivity contribution in [2.75, 3.05) is 16.4 Å². The predicted molar refractivity (Wildman–Crippen MR) is 159 cm³/mol. The predicted octanol–water partition coefficient (Wildman–Crippen LogP) is 8.58. The van der Waals surface area contributed by atoms with Gasteiger partial charge in [-0.15, -0.1) is 0 Å². The molecule has 13 heteroatoms. The number of allylic oxidation sites excluding steroid dienone is 1. The van der Waals surface area contributed by atoms with Gasteiger partial charge in [0.15, 0.2) is 5.78 Å². The zero-order valence-corrected chi connectivity index (χ0v) is 24.4. The third-order valence-corrected chi connectivity index (χ3v) is 7.39. The Kier molecular flexibility index (Phi) is 10.5. The van der Waals surface area contributed by atoms with Crippen molar-refractivity contribution in [1.82, 2.24) is 0 Å². The highest BCUT2D eigenvalue weighted by molar-refractivity contribution is 6.13. The summed E-state index contributed by atoms with van der Waals surface area (Å²) in [6.45, 7) is 0. The number of benzene rings is 3. The first-order valence-corrected chi connectivity index (χ1v) is 14.4. The molecular formula is C33H30F7N3O3.